The van der Waals surface area contributed by atoms with Crippen molar-refractivity contribution >= 4 is 11.7 Å². The number of carbonyl (C=O) groups excluding carboxylic acids is 2. The van der Waals surface area contributed by atoms with Crippen molar-refractivity contribution in [1.29, 1.82) is 0 Å². The quantitative estimate of drug-likeness (QED) is 0.505. The number of Topliss-reactive ketones (excluding diaryl/α,β-unsaturated/α-hetero) is 1. The van der Waals surface area contributed by atoms with Gasteiger partial charge in [0.15, 0.2) is 0 Å². The van der Waals surface area contributed by atoms with Crippen molar-refractivity contribution in [2.24, 2.45) is 5.18 Å². The minimum absolute atomic E-state index is 0.00333. The van der Waals surface area contributed by atoms with Crippen LogP contribution in [-0.2, 0) is 9.59 Å². The van der Waals surface area contributed by atoms with E-state index in [1.54, 1.807) is 13.8 Å². The first-order valence-electron chi connectivity index (χ1n) is 3.97. The zero-order valence-corrected chi connectivity index (χ0v) is 8.09. The molecule has 0 radical (unpaired) electrons. The largest absolute Gasteiger partial charge is 0.349 e. The van der Waals surface area contributed by atoms with Crippen LogP contribution in [0.4, 0.5) is 0 Å². The molecule has 74 valence electrons. The molecule has 0 heterocycles. The van der Waals surface area contributed by atoms with Crippen LogP contribution in [0.2, 0.25) is 0 Å². The monoisotopic (exact) mass is 186 g/mol. The maximum Gasteiger partial charge on any atom is 0.227 e. The molecule has 0 bridgehead atoms. The lowest BCUT2D eigenvalue weighted by molar-refractivity contribution is -0.128. The van der Waals surface area contributed by atoms with E-state index < -0.39 is 5.54 Å². The predicted octanol–water partition coefficient (Wildman–Crippen LogP) is 0.627. The molecule has 1 N–H and O–H groups in total. The summed E-state index contributed by atoms with van der Waals surface area (Å²) in [5.41, 5.74) is -0.672. The molecule has 0 fully saturated rings. The lowest BCUT2D eigenvalue weighted by atomic mass is 10.1. The number of nitrogens with one attached hydrogen (secondary N) is 1. The van der Waals surface area contributed by atoms with Crippen molar-refractivity contribution in [3.63, 3.8) is 0 Å². The Labute approximate surface area is 76.9 Å². The summed E-state index contributed by atoms with van der Waals surface area (Å²) < 4.78 is 0. The molecule has 0 atom stereocenters. The van der Waals surface area contributed by atoms with Crippen molar-refractivity contribution in [2.75, 3.05) is 6.54 Å². The smallest absolute Gasteiger partial charge is 0.227 e. The minimum Gasteiger partial charge on any atom is -0.349 e. The molecule has 0 saturated heterocycles. The standard InChI is InChI=1S/C8H14N2O3/c1-6(11)4-7(12)10-8(2,3)5-9-13/h4-5H2,1-3H3,(H,10,12). The lowest BCUT2D eigenvalue weighted by Crippen LogP contribution is -2.46. The van der Waals surface area contributed by atoms with Gasteiger partial charge in [0.25, 0.3) is 0 Å². The van der Waals surface area contributed by atoms with Gasteiger partial charge in [0.2, 0.25) is 5.91 Å². The van der Waals surface area contributed by atoms with Crippen LogP contribution >= 0.6 is 0 Å². The number of nitrogens with zero attached hydrogens (tertiary/aromatic N) is 1. The van der Waals surface area contributed by atoms with E-state index in [0.717, 1.165) is 0 Å². The van der Waals surface area contributed by atoms with Crippen molar-refractivity contribution < 1.29 is 9.59 Å². The third-order valence-electron chi connectivity index (χ3n) is 1.35. The molecule has 5 heteroatoms. The van der Waals surface area contributed by atoms with Crippen LogP contribution in [0.1, 0.15) is 27.2 Å². The zero-order valence-electron chi connectivity index (χ0n) is 8.09. The van der Waals surface area contributed by atoms with E-state index >= 15 is 0 Å². The van der Waals surface area contributed by atoms with Crippen LogP contribution in [0, 0.1) is 4.91 Å². The van der Waals surface area contributed by atoms with Gasteiger partial charge in [-0.05, 0) is 20.8 Å². The van der Waals surface area contributed by atoms with Gasteiger partial charge in [0.1, 0.15) is 12.3 Å². The first-order valence-corrected chi connectivity index (χ1v) is 3.97. The van der Waals surface area contributed by atoms with Crippen LogP contribution in [0.5, 0.6) is 0 Å². The number of nitroso groups, excluding NO2 is 1. The van der Waals surface area contributed by atoms with Crippen LogP contribution < -0.4 is 5.32 Å². The number of rotatable bonds is 5. The molecule has 0 aromatic carbocycles. The first-order chi connectivity index (χ1) is 5.87. The van der Waals surface area contributed by atoms with Gasteiger partial charge in [-0.1, -0.05) is 5.18 Å². The second kappa shape index (κ2) is 4.69. The molecule has 0 aromatic rings. The molecule has 1 amide bonds. The summed E-state index contributed by atoms with van der Waals surface area (Å²) in [6.45, 7) is 4.68. The number of carbonyl (C=O) groups is 2. The number of hydrogen-bond acceptors (Lipinski definition) is 4. The van der Waals surface area contributed by atoms with Gasteiger partial charge in [0.05, 0.1) is 12.0 Å². The van der Waals surface area contributed by atoms with E-state index in [1.165, 1.54) is 6.92 Å². The third-order valence-corrected chi connectivity index (χ3v) is 1.35. The second-order valence-electron chi connectivity index (χ2n) is 3.60. The van der Waals surface area contributed by atoms with Crippen molar-refractivity contribution in [3.8, 4) is 0 Å². The number of hydrogen-bond donors (Lipinski definition) is 1. The van der Waals surface area contributed by atoms with Gasteiger partial charge >= 0.3 is 0 Å². The van der Waals surface area contributed by atoms with Crippen LogP contribution in [0.25, 0.3) is 0 Å². The van der Waals surface area contributed by atoms with Gasteiger partial charge in [-0.15, -0.1) is 0 Å². The molecule has 0 aliphatic rings. The van der Waals surface area contributed by atoms with E-state index in [0.29, 0.717) is 0 Å². The van der Waals surface area contributed by atoms with Crippen LogP contribution in [0.15, 0.2) is 5.18 Å². The summed E-state index contributed by atoms with van der Waals surface area (Å²) in [7, 11) is 0. The molecule has 0 aliphatic carbocycles. The van der Waals surface area contributed by atoms with E-state index in [-0.39, 0.29) is 24.7 Å². The lowest BCUT2D eigenvalue weighted by Gasteiger charge is -2.22. The van der Waals surface area contributed by atoms with E-state index in [1.807, 2.05) is 0 Å². The Morgan fingerprint density at radius 2 is 1.92 bits per heavy atom. The maximum absolute atomic E-state index is 11.1. The Morgan fingerprint density at radius 3 is 2.31 bits per heavy atom. The second-order valence-corrected chi connectivity index (χ2v) is 3.60. The Hall–Kier alpha value is -1.26. The van der Waals surface area contributed by atoms with E-state index in [2.05, 4.69) is 10.5 Å². The molecule has 0 saturated carbocycles. The SMILES string of the molecule is CC(=O)CC(=O)NC(C)(C)CN=O. The maximum atomic E-state index is 11.1. The zero-order chi connectivity index (χ0) is 10.5. The summed E-state index contributed by atoms with van der Waals surface area (Å²) in [5, 5.41) is 5.22. The van der Waals surface area contributed by atoms with Crippen LogP contribution in [-0.4, -0.2) is 23.8 Å². The normalized spacial score (nSPS) is 10.7. The Bertz CT molecular complexity index is 223. The summed E-state index contributed by atoms with van der Waals surface area (Å²) in [6, 6.07) is 0. The fourth-order valence-corrected chi connectivity index (χ4v) is 0.849. The highest BCUT2D eigenvalue weighted by atomic mass is 16.3. The fraction of sp³-hybridized carbons (Fsp3) is 0.750. The van der Waals surface area contributed by atoms with Gasteiger partial charge in [0, 0.05) is 0 Å². The Morgan fingerprint density at radius 1 is 1.38 bits per heavy atom. The third kappa shape index (κ3) is 5.95. The molecule has 0 aromatic heterocycles. The molecule has 0 spiro atoms. The number of amides is 1. The summed E-state index contributed by atoms with van der Waals surface area (Å²) in [5.74, 6) is -0.575. The van der Waals surface area contributed by atoms with Crippen molar-refractivity contribution in [2.45, 2.75) is 32.7 Å². The Kier molecular flexibility index (Phi) is 4.23. The highest BCUT2D eigenvalue weighted by Crippen LogP contribution is 2.02. The van der Waals surface area contributed by atoms with Gasteiger partial charge < -0.3 is 5.32 Å². The average Bonchev–Trinajstić information content (AvgIpc) is 1.81. The molecular weight excluding hydrogens is 172 g/mol. The summed E-state index contributed by atoms with van der Waals surface area (Å²) >= 11 is 0. The molecule has 13 heavy (non-hydrogen) atoms. The molecule has 0 aliphatic heterocycles. The highest BCUT2D eigenvalue weighted by molar-refractivity contribution is 5.97. The molecule has 0 unspecified atom stereocenters. The molecule has 5 nitrogen and oxygen atoms in total. The molecular formula is C8H14N2O3. The van der Waals surface area contributed by atoms with Crippen molar-refractivity contribution in [3.05, 3.63) is 4.91 Å². The Balaban J connectivity index is 4.03. The predicted molar refractivity (Wildman–Crippen MR) is 48.2 cm³/mol. The number of ketones is 1. The highest BCUT2D eigenvalue weighted by Gasteiger charge is 2.20. The van der Waals surface area contributed by atoms with Crippen LogP contribution in [0.3, 0.4) is 0 Å². The van der Waals surface area contributed by atoms with Crippen molar-refractivity contribution in [1.82, 2.24) is 5.32 Å². The topological polar surface area (TPSA) is 75.6 Å². The van der Waals surface area contributed by atoms with E-state index in [9.17, 15) is 14.5 Å². The molecule has 0 rings (SSSR count). The van der Waals surface area contributed by atoms with Gasteiger partial charge in [-0.3, -0.25) is 9.59 Å². The minimum atomic E-state index is -0.672. The summed E-state index contributed by atoms with van der Waals surface area (Å²) in [4.78, 5) is 31.6. The van der Waals surface area contributed by atoms with Gasteiger partial charge in [-0.2, -0.15) is 4.91 Å². The first kappa shape index (κ1) is 11.7. The fourth-order valence-electron chi connectivity index (χ4n) is 0.849. The van der Waals surface area contributed by atoms with Gasteiger partial charge in [-0.25, -0.2) is 0 Å². The van der Waals surface area contributed by atoms with E-state index in [4.69, 9.17) is 0 Å². The summed E-state index contributed by atoms with van der Waals surface area (Å²) in [6.07, 6.45) is -0.151. The average molecular weight is 186 g/mol.